The predicted molar refractivity (Wildman–Crippen MR) is 58.0 cm³/mol. The van der Waals surface area contributed by atoms with Crippen molar-refractivity contribution in [3.63, 3.8) is 0 Å². The summed E-state index contributed by atoms with van der Waals surface area (Å²) in [4.78, 5) is 0. The van der Waals surface area contributed by atoms with E-state index < -0.39 is 0 Å². The Kier molecular flexibility index (Phi) is 2.68. The van der Waals surface area contributed by atoms with Crippen LogP contribution in [0.2, 0.25) is 0 Å². The van der Waals surface area contributed by atoms with Crippen molar-refractivity contribution < 1.29 is 4.39 Å². The molecular formula is C11H14FN3. The van der Waals surface area contributed by atoms with Gasteiger partial charge in [0.15, 0.2) is 0 Å². The van der Waals surface area contributed by atoms with Crippen LogP contribution in [0.3, 0.4) is 0 Å². The monoisotopic (exact) mass is 207 g/mol. The molecule has 1 aromatic carbocycles. The third-order valence-corrected chi connectivity index (χ3v) is 2.58. The molecule has 0 bridgehead atoms. The quantitative estimate of drug-likeness (QED) is 0.806. The second-order valence-electron chi connectivity index (χ2n) is 3.95. The van der Waals surface area contributed by atoms with E-state index in [-0.39, 0.29) is 5.82 Å². The maximum absolute atomic E-state index is 13.6. The van der Waals surface area contributed by atoms with Gasteiger partial charge in [-0.2, -0.15) is 5.10 Å². The van der Waals surface area contributed by atoms with Gasteiger partial charge < -0.3 is 5.73 Å². The molecule has 3 nitrogen and oxygen atoms in total. The average molecular weight is 207 g/mol. The minimum Gasteiger partial charge on any atom is -0.330 e. The van der Waals surface area contributed by atoms with E-state index in [0.29, 0.717) is 24.4 Å². The average Bonchev–Trinajstić information content (AvgIpc) is 2.65. The summed E-state index contributed by atoms with van der Waals surface area (Å²) in [5.41, 5.74) is 6.96. The summed E-state index contributed by atoms with van der Waals surface area (Å²) < 4.78 is 13.6. The van der Waals surface area contributed by atoms with Gasteiger partial charge in [-0.15, -0.1) is 0 Å². The van der Waals surface area contributed by atoms with Crippen molar-refractivity contribution in [2.45, 2.75) is 13.3 Å². The first-order chi connectivity index (χ1) is 7.20. The van der Waals surface area contributed by atoms with Gasteiger partial charge in [-0.3, -0.25) is 5.10 Å². The molecule has 2 rings (SSSR count). The summed E-state index contributed by atoms with van der Waals surface area (Å²) >= 11 is 0. The number of nitrogens with one attached hydrogen (secondary N) is 1. The highest BCUT2D eigenvalue weighted by Crippen LogP contribution is 2.19. The number of hydrogen-bond donors (Lipinski definition) is 2. The van der Waals surface area contributed by atoms with Crippen LogP contribution >= 0.6 is 0 Å². The van der Waals surface area contributed by atoms with Crippen LogP contribution in [0.25, 0.3) is 10.9 Å². The largest absolute Gasteiger partial charge is 0.330 e. The number of rotatable bonds is 3. The standard InChI is InChI=1S/C11H14FN3/c1-7(5-13)2-8-3-9-6-14-15-11(9)4-10(8)12/h3-4,6-7H,2,5,13H2,1H3,(H,14,15). The molecule has 0 spiro atoms. The number of halogens is 1. The van der Waals surface area contributed by atoms with Gasteiger partial charge in [-0.25, -0.2) is 4.39 Å². The van der Waals surface area contributed by atoms with Crippen LogP contribution in [-0.4, -0.2) is 16.7 Å². The molecule has 80 valence electrons. The molecule has 0 aliphatic carbocycles. The second kappa shape index (κ2) is 3.98. The molecule has 0 saturated heterocycles. The lowest BCUT2D eigenvalue weighted by Gasteiger charge is -2.09. The summed E-state index contributed by atoms with van der Waals surface area (Å²) in [6.07, 6.45) is 2.37. The highest BCUT2D eigenvalue weighted by molar-refractivity contribution is 5.78. The molecule has 0 amide bonds. The van der Waals surface area contributed by atoms with Gasteiger partial charge in [-0.1, -0.05) is 6.92 Å². The molecule has 1 heterocycles. The Morgan fingerprint density at radius 1 is 1.53 bits per heavy atom. The lowest BCUT2D eigenvalue weighted by atomic mass is 10.00. The van der Waals surface area contributed by atoms with Crippen LogP contribution in [0.5, 0.6) is 0 Å². The summed E-state index contributed by atoms with van der Waals surface area (Å²) in [7, 11) is 0. The van der Waals surface area contributed by atoms with E-state index in [4.69, 9.17) is 5.73 Å². The lowest BCUT2D eigenvalue weighted by Crippen LogP contribution is -2.13. The van der Waals surface area contributed by atoms with Crippen LogP contribution in [0.4, 0.5) is 4.39 Å². The van der Waals surface area contributed by atoms with E-state index in [2.05, 4.69) is 10.2 Å². The molecule has 1 unspecified atom stereocenters. The normalized spacial score (nSPS) is 13.3. The molecule has 4 heteroatoms. The summed E-state index contributed by atoms with van der Waals surface area (Å²) in [5.74, 6) is 0.107. The van der Waals surface area contributed by atoms with Crippen LogP contribution < -0.4 is 5.73 Å². The van der Waals surface area contributed by atoms with Crippen molar-refractivity contribution in [1.29, 1.82) is 0 Å². The highest BCUT2D eigenvalue weighted by Gasteiger charge is 2.09. The highest BCUT2D eigenvalue weighted by atomic mass is 19.1. The lowest BCUT2D eigenvalue weighted by molar-refractivity contribution is 0.553. The molecular weight excluding hydrogens is 193 g/mol. The fraction of sp³-hybridized carbons (Fsp3) is 0.364. The third kappa shape index (κ3) is 1.99. The van der Waals surface area contributed by atoms with Gasteiger partial charge in [0.25, 0.3) is 0 Å². The van der Waals surface area contributed by atoms with Crippen LogP contribution in [-0.2, 0) is 6.42 Å². The Hall–Kier alpha value is -1.42. The SMILES string of the molecule is CC(CN)Cc1cc2cn[nH]c2cc1F. The number of nitrogens with two attached hydrogens (primary N) is 1. The number of aromatic nitrogens is 2. The smallest absolute Gasteiger partial charge is 0.128 e. The topological polar surface area (TPSA) is 54.7 Å². The Bertz CT molecular complexity index is 464. The maximum atomic E-state index is 13.6. The number of fused-ring (bicyclic) bond motifs is 1. The van der Waals surface area contributed by atoms with Gasteiger partial charge in [0, 0.05) is 5.39 Å². The second-order valence-corrected chi connectivity index (χ2v) is 3.95. The minimum atomic E-state index is -0.188. The van der Waals surface area contributed by atoms with E-state index >= 15 is 0 Å². The minimum absolute atomic E-state index is 0.188. The molecule has 0 aliphatic heterocycles. The predicted octanol–water partition coefficient (Wildman–Crippen LogP) is 1.84. The molecule has 15 heavy (non-hydrogen) atoms. The molecule has 1 aromatic heterocycles. The van der Waals surface area contributed by atoms with Crippen LogP contribution in [0.1, 0.15) is 12.5 Å². The van der Waals surface area contributed by atoms with E-state index in [1.165, 1.54) is 6.07 Å². The Labute approximate surface area is 87.5 Å². The first-order valence-electron chi connectivity index (χ1n) is 5.02. The number of aromatic amines is 1. The van der Waals surface area contributed by atoms with Crippen LogP contribution in [0, 0.1) is 11.7 Å². The molecule has 0 radical (unpaired) electrons. The summed E-state index contributed by atoms with van der Waals surface area (Å²) in [5, 5.41) is 7.55. The number of H-pyrrole nitrogens is 1. The van der Waals surface area contributed by atoms with Crippen molar-refractivity contribution in [3.05, 3.63) is 29.7 Å². The molecule has 3 N–H and O–H groups in total. The molecule has 2 aromatic rings. The third-order valence-electron chi connectivity index (χ3n) is 2.58. The number of nitrogens with zero attached hydrogens (tertiary/aromatic N) is 1. The Morgan fingerprint density at radius 2 is 2.33 bits per heavy atom. The van der Waals surface area contributed by atoms with Crippen molar-refractivity contribution in [1.82, 2.24) is 10.2 Å². The van der Waals surface area contributed by atoms with Gasteiger partial charge in [0.2, 0.25) is 0 Å². The Balaban J connectivity index is 2.37. The zero-order valence-electron chi connectivity index (χ0n) is 8.63. The molecule has 0 aliphatic rings. The molecule has 0 fully saturated rings. The Morgan fingerprint density at radius 3 is 3.07 bits per heavy atom. The summed E-state index contributed by atoms with van der Waals surface area (Å²) in [6, 6.07) is 3.32. The van der Waals surface area contributed by atoms with Crippen LogP contribution in [0.15, 0.2) is 18.3 Å². The first kappa shape index (κ1) is 10.1. The van der Waals surface area contributed by atoms with Crippen molar-refractivity contribution >= 4 is 10.9 Å². The maximum Gasteiger partial charge on any atom is 0.128 e. The fourth-order valence-corrected chi connectivity index (χ4v) is 1.63. The zero-order valence-corrected chi connectivity index (χ0v) is 8.63. The van der Waals surface area contributed by atoms with Gasteiger partial charge in [0.1, 0.15) is 5.82 Å². The van der Waals surface area contributed by atoms with E-state index in [0.717, 1.165) is 10.9 Å². The van der Waals surface area contributed by atoms with Crippen molar-refractivity contribution in [3.8, 4) is 0 Å². The van der Waals surface area contributed by atoms with E-state index in [9.17, 15) is 4.39 Å². The zero-order chi connectivity index (χ0) is 10.8. The fourth-order valence-electron chi connectivity index (χ4n) is 1.63. The van der Waals surface area contributed by atoms with Gasteiger partial charge in [0.05, 0.1) is 11.7 Å². The summed E-state index contributed by atoms with van der Waals surface area (Å²) in [6.45, 7) is 2.59. The molecule has 0 saturated carbocycles. The number of hydrogen-bond acceptors (Lipinski definition) is 2. The van der Waals surface area contributed by atoms with Gasteiger partial charge >= 0.3 is 0 Å². The first-order valence-corrected chi connectivity index (χ1v) is 5.02. The number of benzene rings is 1. The van der Waals surface area contributed by atoms with E-state index in [1.54, 1.807) is 6.20 Å². The molecule has 1 atom stereocenters. The van der Waals surface area contributed by atoms with E-state index in [1.807, 2.05) is 13.0 Å². The van der Waals surface area contributed by atoms with Gasteiger partial charge in [-0.05, 0) is 36.6 Å². The van der Waals surface area contributed by atoms with Crippen molar-refractivity contribution in [2.24, 2.45) is 11.7 Å². The van der Waals surface area contributed by atoms with Crippen molar-refractivity contribution in [2.75, 3.05) is 6.54 Å².